The van der Waals surface area contributed by atoms with Gasteiger partial charge in [-0.05, 0) is 100 Å². The van der Waals surface area contributed by atoms with Crippen molar-refractivity contribution in [2.75, 3.05) is 0 Å². The molecule has 0 spiro atoms. The fourth-order valence-corrected chi connectivity index (χ4v) is 6.25. The largest absolute Gasteiger partial charge is 0.486 e. The average molecular weight is 822 g/mol. The van der Waals surface area contributed by atoms with E-state index >= 15 is 0 Å². The molecule has 0 aliphatic heterocycles. The van der Waals surface area contributed by atoms with E-state index in [4.69, 9.17) is 9.40 Å². The van der Waals surface area contributed by atoms with Crippen molar-refractivity contribution in [1.29, 1.82) is 0 Å². The fourth-order valence-electron chi connectivity index (χ4n) is 6.25. The van der Waals surface area contributed by atoms with Crippen LogP contribution in [0.4, 0.5) is 0 Å². The predicted molar refractivity (Wildman–Crippen MR) is 200 cm³/mol. The van der Waals surface area contributed by atoms with Crippen LogP contribution in [0.15, 0.2) is 156 Å². The van der Waals surface area contributed by atoms with Crippen LogP contribution in [-0.2, 0) is 20.1 Å². The van der Waals surface area contributed by atoms with Crippen LogP contribution in [0.5, 0.6) is 0 Å². The molecule has 0 saturated heterocycles. The van der Waals surface area contributed by atoms with Gasteiger partial charge in [0.05, 0.1) is 5.58 Å². The Labute approximate surface area is 304 Å². The van der Waals surface area contributed by atoms with Crippen molar-refractivity contribution in [3.8, 4) is 44.8 Å². The maximum Gasteiger partial charge on any atom is 0.216 e. The minimum Gasteiger partial charge on any atom is -0.486 e. The second kappa shape index (κ2) is 14.4. The average Bonchev–Trinajstić information content (AvgIpc) is 3.53. The third kappa shape index (κ3) is 6.62. The third-order valence-electron chi connectivity index (χ3n) is 8.71. The van der Waals surface area contributed by atoms with Crippen molar-refractivity contribution in [2.45, 2.75) is 13.8 Å². The van der Waals surface area contributed by atoms with Crippen LogP contribution in [0.1, 0.15) is 11.3 Å². The molecule has 0 aliphatic rings. The maximum absolute atomic E-state index is 6.21. The van der Waals surface area contributed by atoms with E-state index in [0.717, 1.165) is 50.1 Å². The van der Waals surface area contributed by atoms with Gasteiger partial charge in [0.1, 0.15) is 0 Å². The van der Waals surface area contributed by atoms with Gasteiger partial charge in [0, 0.05) is 43.6 Å². The molecule has 5 heteroatoms. The second-order valence-electron chi connectivity index (χ2n) is 12.0. The standard InChI is InChI=1S/C34H23N2O.C11H8N.Ir/c1-21-17-27-18-24(23-7-4-3-5-8-23)12-13-25(27)19-31(21)26-15-16-35-32(20-26)30-10-6-9-28-29-14-11-22(2)36-34(29)37-33(28)30;1-2-6-10(7-3-1)11-8-4-5-9-12-11;/h3-9,11-20H,1-2H3;1-6,8-9H;/q2*-1;. The van der Waals surface area contributed by atoms with Gasteiger partial charge in [-0.3, -0.25) is 0 Å². The molecular weight excluding hydrogens is 791 g/mol. The molecule has 1 radical (unpaired) electrons. The maximum atomic E-state index is 6.21. The Bertz CT molecular complexity index is 2530. The molecule has 5 aromatic carbocycles. The Balaban J connectivity index is 0.000000255. The number of benzene rings is 5. The summed E-state index contributed by atoms with van der Waals surface area (Å²) in [5.74, 6) is 0. The van der Waals surface area contributed by atoms with Gasteiger partial charge in [0.2, 0.25) is 5.71 Å². The van der Waals surface area contributed by atoms with Crippen LogP contribution >= 0.6 is 0 Å². The summed E-state index contributed by atoms with van der Waals surface area (Å²) in [6.07, 6.45) is 3.65. The first-order chi connectivity index (χ1) is 24.1. The number of hydrogen-bond acceptors (Lipinski definition) is 4. The first-order valence-corrected chi connectivity index (χ1v) is 16.3. The first-order valence-electron chi connectivity index (χ1n) is 16.3. The van der Waals surface area contributed by atoms with Crippen LogP contribution in [0.25, 0.3) is 77.6 Å². The van der Waals surface area contributed by atoms with Crippen LogP contribution in [0.2, 0.25) is 0 Å². The summed E-state index contributed by atoms with van der Waals surface area (Å²) >= 11 is 0. The summed E-state index contributed by atoms with van der Waals surface area (Å²) in [4.78, 5) is 13.5. The number of pyridine rings is 3. The van der Waals surface area contributed by atoms with E-state index < -0.39 is 0 Å². The van der Waals surface area contributed by atoms with E-state index in [1.165, 1.54) is 33.0 Å². The van der Waals surface area contributed by atoms with Crippen molar-refractivity contribution in [1.82, 2.24) is 15.0 Å². The predicted octanol–water partition coefficient (Wildman–Crippen LogP) is 11.5. The molecular formula is C45H31IrN3O-2. The molecule has 0 amide bonds. The SMILES string of the molecule is Cc1ccc2c(n1)oc1c(-c3cc(-c4cc5ccc(-c6ccccc6)cc5cc4C)ccn3)[c-]ccc12.[Ir].[c-]1ccccc1-c1ccccn1. The number of aryl methyl sites for hydroxylation is 2. The van der Waals surface area contributed by atoms with Gasteiger partial charge in [0.25, 0.3) is 0 Å². The zero-order valence-corrected chi connectivity index (χ0v) is 29.9. The van der Waals surface area contributed by atoms with Crippen molar-refractivity contribution < 1.29 is 24.5 Å². The zero-order valence-electron chi connectivity index (χ0n) is 27.5. The molecule has 0 bridgehead atoms. The molecule has 50 heavy (non-hydrogen) atoms. The molecule has 0 fully saturated rings. The first kappa shape index (κ1) is 32.8. The summed E-state index contributed by atoms with van der Waals surface area (Å²) in [7, 11) is 0. The molecule has 9 aromatic rings. The Hall–Kier alpha value is -5.74. The van der Waals surface area contributed by atoms with Crippen LogP contribution < -0.4 is 0 Å². The Morgan fingerprint density at radius 1 is 0.560 bits per heavy atom. The monoisotopic (exact) mass is 822 g/mol. The summed E-state index contributed by atoms with van der Waals surface area (Å²) in [6.45, 7) is 4.14. The number of furan rings is 1. The summed E-state index contributed by atoms with van der Waals surface area (Å²) in [6, 6.07) is 54.2. The van der Waals surface area contributed by atoms with Gasteiger partial charge >= 0.3 is 0 Å². The van der Waals surface area contributed by atoms with Crippen molar-refractivity contribution >= 4 is 32.8 Å². The topological polar surface area (TPSA) is 51.8 Å². The zero-order chi connectivity index (χ0) is 33.2. The van der Waals surface area contributed by atoms with Crippen molar-refractivity contribution in [3.05, 3.63) is 175 Å². The van der Waals surface area contributed by atoms with Gasteiger partial charge in [-0.1, -0.05) is 77.7 Å². The molecule has 0 unspecified atom stereocenters. The molecule has 9 rings (SSSR count). The molecule has 0 aliphatic carbocycles. The van der Waals surface area contributed by atoms with E-state index in [1.54, 1.807) is 6.20 Å². The number of rotatable bonds is 4. The molecule has 4 nitrogen and oxygen atoms in total. The fraction of sp³-hybridized carbons (Fsp3) is 0.0444. The Morgan fingerprint density at radius 3 is 2.22 bits per heavy atom. The van der Waals surface area contributed by atoms with E-state index in [9.17, 15) is 0 Å². The second-order valence-corrected chi connectivity index (χ2v) is 12.0. The Morgan fingerprint density at radius 2 is 1.40 bits per heavy atom. The molecule has 0 N–H and O–H groups in total. The minimum absolute atomic E-state index is 0. The van der Waals surface area contributed by atoms with E-state index in [0.29, 0.717) is 5.71 Å². The molecule has 0 atom stereocenters. The number of aromatic nitrogens is 3. The van der Waals surface area contributed by atoms with Gasteiger partial charge in [0.15, 0.2) is 0 Å². The molecule has 4 aromatic heterocycles. The summed E-state index contributed by atoms with van der Waals surface area (Å²) < 4.78 is 6.21. The Kier molecular flexibility index (Phi) is 9.44. The normalized spacial score (nSPS) is 10.8. The van der Waals surface area contributed by atoms with Gasteiger partial charge in [-0.15, -0.1) is 54.1 Å². The van der Waals surface area contributed by atoms with E-state index in [1.807, 2.05) is 79.9 Å². The number of nitrogens with zero attached hydrogens (tertiary/aromatic N) is 3. The van der Waals surface area contributed by atoms with Crippen molar-refractivity contribution in [3.63, 3.8) is 0 Å². The van der Waals surface area contributed by atoms with E-state index in [2.05, 4.69) is 102 Å². The summed E-state index contributed by atoms with van der Waals surface area (Å²) in [5.41, 5.74) is 12.0. The van der Waals surface area contributed by atoms with Crippen LogP contribution in [0.3, 0.4) is 0 Å². The third-order valence-corrected chi connectivity index (χ3v) is 8.71. The van der Waals surface area contributed by atoms with Gasteiger partial charge in [-0.2, -0.15) is 0 Å². The quantitative estimate of drug-likeness (QED) is 0.166. The van der Waals surface area contributed by atoms with Gasteiger partial charge < -0.3 is 14.4 Å². The number of hydrogen-bond donors (Lipinski definition) is 0. The van der Waals surface area contributed by atoms with Gasteiger partial charge in [-0.25, -0.2) is 4.98 Å². The minimum atomic E-state index is 0. The smallest absolute Gasteiger partial charge is 0.216 e. The van der Waals surface area contributed by atoms with Crippen LogP contribution in [-0.4, -0.2) is 15.0 Å². The molecule has 243 valence electrons. The van der Waals surface area contributed by atoms with Crippen molar-refractivity contribution in [2.24, 2.45) is 0 Å². The van der Waals surface area contributed by atoms with E-state index in [-0.39, 0.29) is 20.1 Å². The molecule has 4 heterocycles. The van der Waals surface area contributed by atoms with Crippen LogP contribution in [0, 0.1) is 26.0 Å². The summed E-state index contributed by atoms with van der Waals surface area (Å²) in [5, 5.41) is 4.48. The number of fused-ring (bicyclic) bond motifs is 4. The molecule has 0 saturated carbocycles.